The predicted molar refractivity (Wildman–Crippen MR) is 87.8 cm³/mol. The number of rotatable bonds is 3. The lowest BCUT2D eigenvalue weighted by atomic mass is 9.75. The first-order chi connectivity index (χ1) is 9.32. The van der Waals surface area contributed by atoms with Crippen molar-refractivity contribution in [2.24, 2.45) is 17.3 Å². The molecule has 0 saturated carbocycles. The van der Waals surface area contributed by atoms with Gasteiger partial charge in [-0.25, -0.2) is 0 Å². The highest BCUT2D eigenvalue weighted by molar-refractivity contribution is 4.82. The zero-order chi connectivity index (χ0) is 14.8. The van der Waals surface area contributed by atoms with Crippen LogP contribution in [0.3, 0.4) is 0 Å². The first-order valence-electron chi connectivity index (χ1n) is 8.88. The third-order valence-electron chi connectivity index (χ3n) is 6.25. The van der Waals surface area contributed by atoms with Crippen LogP contribution in [-0.2, 0) is 0 Å². The van der Waals surface area contributed by atoms with Gasteiger partial charge in [-0.15, -0.1) is 0 Å². The minimum atomic E-state index is 0.511. The van der Waals surface area contributed by atoms with Crippen LogP contribution in [0, 0.1) is 17.3 Å². The maximum absolute atomic E-state index is 2.76. The monoisotopic (exact) mass is 281 g/mol. The summed E-state index contributed by atoms with van der Waals surface area (Å²) < 4.78 is 1.31. The van der Waals surface area contributed by atoms with Crippen molar-refractivity contribution in [3.8, 4) is 0 Å². The zero-order valence-electron chi connectivity index (χ0n) is 14.6. The van der Waals surface area contributed by atoms with Crippen LogP contribution in [0.15, 0.2) is 0 Å². The average molecular weight is 282 g/mol. The summed E-state index contributed by atoms with van der Waals surface area (Å²) in [5.41, 5.74) is 0.511. The Morgan fingerprint density at radius 1 is 1.00 bits per heavy atom. The maximum Gasteiger partial charge on any atom is 0.0787 e. The quantitative estimate of drug-likeness (QED) is 0.714. The molecule has 0 atom stereocenters. The molecule has 0 amide bonds. The van der Waals surface area contributed by atoms with Crippen molar-refractivity contribution in [2.75, 3.05) is 46.3 Å². The second-order valence-corrected chi connectivity index (χ2v) is 8.77. The van der Waals surface area contributed by atoms with Crippen LogP contribution in [0.1, 0.15) is 53.4 Å². The van der Waals surface area contributed by atoms with Crippen LogP contribution in [0.25, 0.3) is 0 Å². The molecular weight excluding hydrogens is 244 g/mol. The van der Waals surface area contributed by atoms with Gasteiger partial charge in [-0.05, 0) is 50.1 Å². The van der Waals surface area contributed by atoms with E-state index in [9.17, 15) is 0 Å². The second kappa shape index (κ2) is 6.36. The molecule has 2 fully saturated rings. The number of quaternary nitrogens is 1. The maximum atomic E-state index is 2.76. The highest BCUT2D eigenvalue weighted by Gasteiger charge is 2.32. The van der Waals surface area contributed by atoms with E-state index in [4.69, 9.17) is 0 Å². The topological polar surface area (TPSA) is 3.24 Å². The Morgan fingerprint density at radius 3 is 2.00 bits per heavy atom. The minimum absolute atomic E-state index is 0.511. The van der Waals surface area contributed by atoms with Gasteiger partial charge in [0.05, 0.1) is 26.7 Å². The van der Waals surface area contributed by atoms with E-state index in [2.05, 4.69) is 39.6 Å². The van der Waals surface area contributed by atoms with Crippen molar-refractivity contribution in [1.82, 2.24) is 4.90 Å². The van der Waals surface area contributed by atoms with E-state index < -0.39 is 0 Å². The van der Waals surface area contributed by atoms with Crippen LogP contribution in [0.5, 0.6) is 0 Å². The molecule has 2 heterocycles. The van der Waals surface area contributed by atoms with Crippen LogP contribution < -0.4 is 0 Å². The number of piperidine rings is 2. The van der Waals surface area contributed by atoms with Crippen molar-refractivity contribution in [1.29, 1.82) is 0 Å². The highest BCUT2D eigenvalue weighted by atomic mass is 15.3. The van der Waals surface area contributed by atoms with Crippen LogP contribution >= 0.6 is 0 Å². The summed E-state index contributed by atoms with van der Waals surface area (Å²) in [7, 11) is 2.44. The molecule has 0 aromatic carbocycles. The van der Waals surface area contributed by atoms with Crippen LogP contribution in [-0.4, -0.2) is 55.7 Å². The molecule has 2 aliphatic rings. The van der Waals surface area contributed by atoms with E-state index in [0.717, 1.165) is 11.8 Å². The van der Waals surface area contributed by atoms with E-state index in [1.807, 2.05) is 0 Å². The lowest BCUT2D eigenvalue weighted by Gasteiger charge is -2.43. The average Bonchev–Trinajstić information content (AvgIpc) is 2.41. The first-order valence-corrected chi connectivity index (χ1v) is 8.88. The van der Waals surface area contributed by atoms with Gasteiger partial charge in [0, 0.05) is 19.4 Å². The standard InChI is InChI=1S/C18H37N2/c1-6-20(5)13-9-16(10-14-20)15-19-11-7-17(8-12-19)18(2,3)4/h16-17H,6-15H2,1-5H3/q+1. The Hall–Kier alpha value is -0.0800. The summed E-state index contributed by atoms with van der Waals surface area (Å²) in [6.45, 7) is 17.8. The molecule has 20 heavy (non-hydrogen) atoms. The van der Waals surface area contributed by atoms with Gasteiger partial charge in [0.2, 0.25) is 0 Å². The fourth-order valence-corrected chi connectivity index (χ4v) is 4.09. The molecule has 0 bridgehead atoms. The van der Waals surface area contributed by atoms with Crippen molar-refractivity contribution in [3.63, 3.8) is 0 Å². The van der Waals surface area contributed by atoms with Crippen LogP contribution in [0.4, 0.5) is 0 Å². The van der Waals surface area contributed by atoms with Gasteiger partial charge in [-0.2, -0.15) is 0 Å². The summed E-state index contributed by atoms with van der Waals surface area (Å²) in [5.74, 6) is 1.91. The van der Waals surface area contributed by atoms with Crippen LogP contribution in [0.2, 0.25) is 0 Å². The molecular formula is C18H37N2+. The Bertz CT molecular complexity index is 289. The Kier molecular flexibility index (Phi) is 5.18. The SMILES string of the molecule is CC[N+]1(C)CCC(CN2CCC(C(C)(C)C)CC2)CC1. The van der Waals surface area contributed by atoms with Gasteiger partial charge in [0.15, 0.2) is 0 Å². The smallest absolute Gasteiger partial charge is 0.0787 e. The lowest BCUT2D eigenvalue weighted by Crippen LogP contribution is -2.51. The molecule has 0 aromatic rings. The van der Waals surface area contributed by atoms with Crippen molar-refractivity contribution < 1.29 is 4.48 Å². The van der Waals surface area contributed by atoms with E-state index in [1.165, 1.54) is 69.4 Å². The molecule has 0 aromatic heterocycles. The summed E-state index contributed by atoms with van der Waals surface area (Å²) in [6.07, 6.45) is 5.73. The molecule has 0 N–H and O–H groups in total. The highest BCUT2D eigenvalue weighted by Crippen LogP contribution is 2.34. The molecule has 2 saturated heterocycles. The van der Waals surface area contributed by atoms with Gasteiger partial charge in [0.25, 0.3) is 0 Å². The number of nitrogens with zero attached hydrogens (tertiary/aromatic N) is 2. The van der Waals surface area contributed by atoms with Crippen molar-refractivity contribution >= 4 is 0 Å². The molecule has 0 unspecified atom stereocenters. The van der Waals surface area contributed by atoms with Crippen molar-refractivity contribution in [2.45, 2.75) is 53.4 Å². The Morgan fingerprint density at radius 2 is 1.55 bits per heavy atom. The normalized spacial score (nSPS) is 34.4. The molecule has 0 spiro atoms. The third kappa shape index (κ3) is 4.21. The second-order valence-electron chi connectivity index (χ2n) is 8.77. The third-order valence-corrected chi connectivity index (χ3v) is 6.25. The molecule has 118 valence electrons. The summed E-state index contributed by atoms with van der Waals surface area (Å²) in [4.78, 5) is 2.76. The summed E-state index contributed by atoms with van der Waals surface area (Å²) in [6, 6.07) is 0. The van der Waals surface area contributed by atoms with Gasteiger partial charge < -0.3 is 9.38 Å². The largest absolute Gasteiger partial charge is 0.326 e. The minimum Gasteiger partial charge on any atom is -0.326 e. The lowest BCUT2D eigenvalue weighted by molar-refractivity contribution is -0.913. The Labute approximate surface area is 127 Å². The molecule has 0 aliphatic carbocycles. The van der Waals surface area contributed by atoms with E-state index in [-0.39, 0.29) is 0 Å². The zero-order valence-corrected chi connectivity index (χ0v) is 14.6. The van der Waals surface area contributed by atoms with Gasteiger partial charge in [-0.3, -0.25) is 0 Å². The number of likely N-dealkylation sites (tertiary alicyclic amines) is 2. The first kappa shape index (κ1) is 16.3. The molecule has 0 radical (unpaired) electrons. The molecule has 2 aliphatic heterocycles. The van der Waals surface area contributed by atoms with Gasteiger partial charge in [-0.1, -0.05) is 20.8 Å². The summed E-state index contributed by atoms with van der Waals surface area (Å²) >= 11 is 0. The number of hydrogen-bond donors (Lipinski definition) is 0. The fraction of sp³-hybridized carbons (Fsp3) is 1.00. The molecule has 2 heteroatoms. The molecule has 2 rings (SSSR count). The number of hydrogen-bond acceptors (Lipinski definition) is 1. The Balaban J connectivity index is 1.72. The van der Waals surface area contributed by atoms with E-state index in [0.29, 0.717) is 5.41 Å². The van der Waals surface area contributed by atoms with Gasteiger partial charge >= 0.3 is 0 Å². The van der Waals surface area contributed by atoms with E-state index in [1.54, 1.807) is 0 Å². The van der Waals surface area contributed by atoms with Crippen molar-refractivity contribution in [3.05, 3.63) is 0 Å². The van der Waals surface area contributed by atoms with E-state index >= 15 is 0 Å². The molecule has 2 nitrogen and oxygen atoms in total. The van der Waals surface area contributed by atoms with Gasteiger partial charge in [0.1, 0.15) is 0 Å². The fourth-order valence-electron chi connectivity index (χ4n) is 4.09. The summed E-state index contributed by atoms with van der Waals surface area (Å²) in [5, 5.41) is 0. The predicted octanol–water partition coefficient (Wildman–Crippen LogP) is 3.62.